The van der Waals surface area contributed by atoms with E-state index >= 15 is 0 Å². The number of carbonyl (C=O) groups is 1. The minimum absolute atomic E-state index is 0.0706. The maximum absolute atomic E-state index is 12.3. The van der Waals surface area contributed by atoms with Crippen molar-refractivity contribution in [2.24, 2.45) is 0 Å². The number of nitrogens with one attached hydrogen (secondary N) is 1. The molecule has 6 heteroatoms. The summed E-state index contributed by atoms with van der Waals surface area (Å²) in [4.78, 5) is 12.3. The van der Waals surface area contributed by atoms with Gasteiger partial charge in [0.2, 0.25) is 0 Å². The summed E-state index contributed by atoms with van der Waals surface area (Å²) >= 11 is 0. The fraction of sp³-hybridized carbons (Fsp3) is 0.267. The fourth-order valence-electron chi connectivity index (χ4n) is 1.96. The Balaban J connectivity index is 2.21. The van der Waals surface area contributed by atoms with Gasteiger partial charge in [-0.1, -0.05) is 12.1 Å². The number of para-hydroxylation sites is 2. The second-order valence-electron chi connectivity index (χ2n) is 4.38. The number of nitrogens with zero attached hydrogens (tertiary/aromatic N) is 3. The summed E-state index contributed by atoms with van der Waals surface area (Å²) in [6.07, 6.45) is 0. The van der Waals surface area contributed by atoms with Crippen LogP contribution in [-0.4, -0.2) is 22.3 Å². The Morgan fingerprint density at radius 1 is 1.48 bits per heavy atom. The topological polar surface area (TPSA) is 79.9 Å². The Morgan fingerprint density at radius 3 is 2.95 bits per heavy atom. The van der Waals surface area contributed by atoms with Gasteiger partial charge in [0.25, 0.3) is 5.91 Å². The number of amides is 1. The molecule has 0 radical (unpaired) electrons. The zero-order chi connectivity index (χ0) is 15.2. The number of aryl methyl sites for hydroxylation is 2. The molecular weight excluding hydrogens is 268 g/mol. The number of rotatable bonds is 5. The third-order valence-electron chi connectivity index (χ3n) is 2.86. The molecule has 6 nitrogen and oxygen atoms in total. The fourth-order valence-corrected chi connectivity index (χ4v) is 1.96. The van der Waals surface area contributed by atoms with Crippen molar-refractivity contribution in [3.05, 3.63) is 41.7 Å². The van der Waals surface area contributed by atoms with Crippen LogP contribution in [0.5, 0.6) is 5.75 Å². The van der Waals surface area contributed by atoms with Gasteiger partial charge in [-0.15, -0.1) is 0 Å². The SMILES string of the molecule is CCn1nc(C)cc1C(=O)Nc1ccccc1OCC#N. The largest absolute Gasteiger partial charge is 0.477 e. The minimum Gasteiger partial charge on any atom is -0.477 e. The molecule has 0 bridgehead atoms. The van der Waals surface area contributed by atoms with E-state index in [2.05, 4.69) is 10.4 Å². The van der Waals surface area contributed by atoms with Crippen LogP contribution in [0.2, 0.25) is 0 Å². The first-order valence-corrected chi connectivity index (χ1v) is 6.60. The van der Waals surface area contributed by atoms with Crippen molar-refractivity contribution in [1.29, 1.82) is 5.26 Å². The first-order chi connectivity index (χ1) is 10.2. The molecule has 21 heavy (non-hydrogen) atoms. The molecule has 0 spiro atoms. The second kappa shape index (κ2) is 6.57. The molecule has 1 aromatic carbocycles. The molecule has 1 aromatic heterocycles. The van der Waals surface area contributed by atoms with Gasteiger partial charge in [-0.2, -0.15) is 10.4 Å². The van der Waals surface area contributed by atoms with Crippen LogP contribution in [0.3, 0.4) is 0 Å². The average molecular weight is 284 g/mol. The molecule has 2 rings (SSSR count). The zero-order valence-corrected chi connectivity index (χ0v) is 12.0. The summed E-state index contributed by atoms with van der Waals surface area (Å²) in [6, 6.07) is 10.6. The normalized spacial score (nSPS) is 9.95. The number of ether oxygens (including phenoxy) is 1. The van der Waals surface area contributed by atoms with Crippen LogP contribution in [0.1, 0.15) is 23.1 Å². The maximum atomic E-state index is 12.3. The van der Waals surface area contributed by atoms with Crippen LogP contribution < -0.4 is 10.1 Å². The third kappa shape index (κ3) is 3.39. The van der Waals surface area contributed by atoms with Crippen LogP contribution in [-0.2, 0) is 6.54 Å². The third-order valence-corrected chi connectivity index (χ3v) is 2.86. The smallest absolute Gasteiger partial charge is 0.274 e. The van der Waals surface area contributed by atoms with Crippen molar-refractivity contribution < 1.29 is 9.53 Å². The molecule has 0 unspecified atom stereocenters. The number of hydrogen-bond donors (Lipinski definition) is 1. The van der Waals surface area contributed by atoms with Crippen molar-refractivity contribution in [3.63, 3.8) is 0 Å². The van der Waals surface area contributed by atoms with E-state index in [4.69, 9.17) is 10.00 Å². The average Bonchev–Trinajstić information content (AvgIpc) is 2.87. The highest BCUT2D eigenvalue weighted by molar-refractivity contribution is 6.03. The van der Waals surface area contributed by atoms with Gasteiger partial charge >= 0.3 is 0 Å². The number of benzene rings is 1. The molecule has 0 aliphatic carbocycles. The lowest BCUT2D eigenvalue weighted by Crippen LogP contribution is -2.17. The monoisotopic (exact) mass is 284 g/mol. The lowest BCUT2D eigenvalue weighted by atomic mass is 10.2. The van der Waals surface area contributed by atoms with Crippen LogP contribution in [0.25, 0.3) is 0 Å². The molecular formula is C15H16N4O2. The lowest BCUT2D eigenvalue weighted by molar-refractivity contribution is 0.101. The first kappa shape index (κ1) is 14.6. The van der Waals surface area contributed by atoms with E-state index in [-0.39, 0.29) is 12.5 Å². The predicted molar refractivity (Wildman–Crippen MR) is 78.1 cm³/mol. The number of aromatic nitrogens is 2. The van der Waals surface area contributed by atoms with E-state index in [9.17, 15) is 4.79 Å². The Kier molecular flexibility index (Phi) is 4.57. The Hall–Kier alpha value is -2.81. The molecule has 1 amide bonds. The van der Waals surface area contributed by atoms with E-state index in [1.807, 2.05) is 19.9 Å². The van der Waals surface area contributed by atoms with Gasteiger partial charge in [0.15, 0.2) is 6.61 Å². The van der Waals surface area contributed by atoms with Gasteiger partial charge in [0.1, 0.15) is 17.5 Å². The molecule has 0 saturated carbocycles. The molecule has 0 atom stereocenters. The van der Waals surface area contributed by atoms with Crippen molar-refractivity contribution >= 4 is 11.6 Å². The summed E-state index contributed by atoms with van der Waals surface area (Å²) < 4.78 is 6.93. The van der Waals surface area contributed by atoms with Crippen molar-refractivity contribution in [3.8, 4) is 11.8 Å². The predicted octanol–water partition coefficient (Wildman–Crippen LogP) is 2.37. The highest BCUT2D eigenvalue weighted by atomic mass is 16.5. The van der Waals surface area contributed by atoms with E-state index in [1.54, 1.807) is 35.0 Å². The lowest BCUT2D eigenvalue weighted by Gasteiger charge is -2.11. The molecule has 0 aliphatic heterocycles. The molecule has 1 heterocycles. The Labute approximate surface area is 123 Å². The zero-order valence-electron chi connectivity index (χ0n) is 12.0. The van der Waals surface area contributed by atoms with Gasteiger partial charge < -0.3 is 10.1 Å². The molecule has 1 N–H and O–H groups in total. The molecule has 0 aliphatic rings. The summed E-state index contributed by atoms with van der Waals surface area (Å²) in [5, 5.41) is 15.6. The van der Waals surface area contributed by atoms with Crippen LogP contribution in [0, 0.1) is 18.3 Å². The van der Waals surface area contributed by atoms with E-state index < -0.39 is 0 Å². The molecule has 0 fully saturated rings. The van der Waals surface area contributed by atoms with E-state index in [1.165, 1.54) is 0 Å². The standard InChI is InChI=1S/C15H16N4O2/c1-3-19-13(10-11(2)18-19)15(20)17-12-6-4-5-7-14(12)21-9-8-16/h4-7,10H,3,9H2,1-2H3,(H,17,20). The quantitative estimate of drug-likeness (QED) is 0.914. The van der Waals surface area contributed by atoms with Crippen molar-refractivity contribution in [2.75, 3.05) is 11.9 Å². The molecule has 108 valence electrons. The van der Waals surface area contributed by atoms with Crippen LogP contribution >= 0.6 is 0 Å². The molecule has 2 aromatic rings. The van der Waals surface area contributed by atoms with Crippen molar-refractivity contribution in [2.45, 2.75) is 20.4 Å². The first-order valence-electron chi connectivity index (χ1n) is 6.60. The summed E-state index contributed by atoms with van der Waals surface area (Å²) in [7, 11) is 0. The second-order valence-corrected chi connectivity index (χ2v) is 4.38. The number of carbonyl (C=O) groups excluding carboxylic acids is 1. The summed E-state index contributed by atoms with van der Waals surface area (Å²) in [6.45, 7) is 4.31. The highest BCUT2D eigenvalue weighted by Crippen LogP contribution is 2.24. The van der Waals surface area contributed by atoms with Gasteiger partial charge in [-0.25, -0.2) is 0 Å². The van der Waals surface area contributed by atoms with Gasteiger partial charge in [-0.3, -0.25) is 9.48 Å². The minimum atomic E-state index is -0.259. The van der Waals surface area contributed by atoms with Gasteiger partial charge in [0, 0.05) is 6.54 Å². The van der Waals surface area contributed by atoms with E-state index in [0.717, 1.165) is 5.69 Å². The Morgan fingerprint density at radius 2 is 2.24 bits per heavy atom. The molecule has 0 saturated heterocycles. The Bertz CT molecular complexity index is 685. The van der Waals surface area contributed by atoms with Crippen molar-refractivity contribution in [1.82, 2.24) is 9.78 Å². The summed E-state index contributed by atoms with van der Waals surface area (Å²) in [5.41, 5.74) is 1.81. The maximum Gasteiger partial charge on any atom is 0.274 e. The van der Waals surface area contributed by atoms with Crippen LogP contribution in [0.15, 0.2) is 30.3 Å². The van der Waals surface area contributed by atoms with E-state index in [0.29, 0.717) is 23.7 Å². The van der Waals surface area contributed by atoms with Gasteiger partial charge in [-0.05, 0) is 32.0 Å². The van der Waals surface area contributed by atoms with Gasteiger partial charge in [0.05, 0.1) is 11.4 Å². The highest BCUT2D eigenvalue weighted by Gasteiger charge is 2.15. The van der Waals surface area contributed by atoms with Crippen LogP contribution in [0.4, 0.5) is 5.69 Å². The number of nitriles is 1. The number of anilines is 1. The number of hydrogen-bond acceptors (Lipinski definition) is 4. The summed E-state index contributed by atoms with van der Waals surface area (Å²) in [5.74, 6) is 0.206.